The second kappa shape index (κ2) is 8.69. The van der Waals surface area contributed by atoms with E-state index in [-0.39, 0.29) is 0 Å². The normalized spacial score (nSPS) is 9.55. The Morgan fingerprint density at radius 3 is 1.00 bits per heavy atom. The molecule has 0 spiro atoms. The Bertz CT molecular complexity index is 61.2. The molecule has 0 aliphatic carbocycles. The average Bonchev–Trinajstić information content (AvgIpc) is 1.56. The molecule has 2 heteroatoms. The molecule has 0 amide bonds. The monoisotopic (exact) mass is 216 g/mol. The van der Waals surface area contributed by atoms with Crippen LogP contribution in [0.2, 0.25) is 16.4 Å². The summed E-state index contributed by atoms with van der Waals surface area (Å²) in [6.07, 6.45) is 0.750. The second-order valence-corrected chi connectivity index (χ2v) is 11.2. The van der Waals surface area contributed by atoms with Crippen LogP contribution in [0.5, 0.6) is 0 Å². The van der Waals surface area contributed by atoms with Crippen molar-refractivity contribution in [1.29, 1.82) is 0 Å². The molecule has 0 N–H and O–H groups in total. The van der Waals surface area contributed by atoms with Crippen molar-refractivity contribution in [2.24, 2.45) is 0 Å². The van der Waals surface area contributed by atoms with Crippen LogP contribution >= 0.6 is 0 Å². The molecule has 0 fully saturated rings. The van der Waals surface area contributed by atoms with Gasteiger partial charge in [-0.1, -0.05) is 0 Å². The van der Waals surface area contributed by atoms with Crippen molar-refractivity contribution >= 4 is 16.2 Å². The van der Waals surface area contributed by atoms with Gasteiger partial charge in [0, 0.05) is 0 Å². The zero-order chi connectivity index (χ0) is 9.44. The third-order valence-electron chi connectivity index (χ3n) is 0.544. The Labute approximate surface area is 77.6 Å². The summed E-state index contributed by atoms with van der Waals surface area (Å²) in [5, 5.41) is 0. The van der Waals surface area contributed by atoms with Gasteiger partial charge in [0.1, 0.15) is 0 Å². The van der Waals surface area contributed by atoms with Crippen LogP contribution in [0, 0.1) is 0 Å². The predicted molar refractivity (Wildman–Crippen MR) is 54.7 cm³/mol. The van der Waals surface area contributed by atoms with Gasteiger partial charge in [0.15, 0.2) is 0 Å². The van der Waals surface area contributed by atoms with Crippen molar-refractivity contribution in [3.8, 4) is 0 Å². The van der Waals surface area contributed by atoms with Crippen molar-refractivity contribution in [3.63, 3.8) is 0 Å². The van der Waals surface area contributed by atoms with E-state index in [0.29, 0.717) is 12.2 Å². The first-order valence-electron chi connectivity index (χ1n) is 4.51. The van der Waals surface area contributed by atoms with Crippen molar-refractivity contribution < 1.29 is 4.74 Å². The fourth-order valence-electron chi connectivity index (χ4n) is 0.544. The molecule has 0 saturated heterocycles. The predicted octanol–water partition coefficient (Wildman–Crippen LogP) is 3.19. The first-order chi connectivity index (χ1) is 4.86. The van der Waals surface area contributed by atoms with E-state index in [1.807, 2.05) is 27.7 Å². The molecule has 1 nitrogen and oxygen atoms in total. The molecule has 0 unspecified atom stereocenters. The standard InChI is InChI=1S/C6H14O.3CH3.Ga/c1-5(2)7-6(3)4;;;;/h5-6H,1-4H3;3*1H3;. The Morgan fingerprint density at radius 2 is 1.00 bits per heavy atom. The zero-order valence-electron chi connectivity index (χ0n) is 9.14. The van der Waals surface area contributed by atoms with Crippen molar-refractivity contribution in [2.75, 3.05) is 0 Å². The van der Waals surface area contributed by atoms with Crippen LogP contribution in [0.15, 0.2) is 0 Å². The third kappa shape index (κ3) is 37.1. The minimum atomic E-state index is -0.479. The number of ether oxygens (including phenoxy) is 1. The summed E-state index contributed by atoms with van der Waals surface area (Å²) in [5.41, 5.74) is 7.06. The summed E-state index contributed by atoms with van der Waals surface area (Å²) >= 11 is -0.479. The maximum absolute atomic E-state index is 5.25. The summed E-state index contributed by atoms with van der Waals surface area (Å²) < 4.78 is 5.25. The van der Waals surface area contributed by atoms with Crippen LogP contribution in [0.4, 0.5) is 0 Å². The fourth-order valence-corrected chi connectivity index (χ4v) is 0.544. The van der Waals surface area contributed by atoms with Gasteiger partial charge < -0.3 is 4.74 Å². The molecule has 0 heterocycles. The maximum atomic E-state index is 5.25. The summed E-state index contributed by atoms with van der Waals surface area (Å²) in [6, 6.07) is 0. The third-order valence-corrected chi connectivity index (χ3v) is 0.544. The van der Waals surface area contributed by atoms with Crippen LogP contribution in [-0.4, -0.2) is 28.4 Å². The number of hydrogen-bond acceptors (Lipinski definition) is 1. The van der Waals surface area contributed by atoms with E-state index in [9.17, 15) is 0 Å². The fraction of sp³-hybridized carbons (Fsp3) is 1.00. The Morgan fingerprint density at radius 1 is 0.818 bits per heavy atom. The topological polar surface area (TPSA) is 9.23 Å². The first-order valence-corrected chi connectivity index (χ1v) is 11.8. The van der Waals surface area contributed by atoms with Crippen LogP contribution in [0.3, 0.4) is 0 Å². The van der Waals surface area contributed by atoms with E-state index in [1.54, 1.807) is 0 Å². The zero-order valence-corrected chi connectivity index (χ0v) is 11.6. The minimum absolute atomic E-state index is 0.375. The molecule has 0 radical (unpaired) electrons. The van der Waals surface area contributed by atoms with Gasteiger partial charge in [-0.2, -0.15) is 0 Å². The van der Waals surface area contributed by atoms with Crippen molar-refractivity contribution in [1.82, 2.24) is 0 Å². The Balaban J connectivity index is 0. The second-order valence-electron chi connectivity index (χ2n) is 3.97. The van der Waals surface area contributed by atoms with Crippen LogP contribution in [0.1, 0.15) is 27.7 Å². The Hall–Kier alpha value is 0.596. The van der Waals surface area contributed by atoms with Crippen LogP contribution in [0.25, 0.3) is 0 Å². The van der Waals surface area contributed by atoms with E-state index in [2.05, 4.69) is 16.4 Å². The van der Waals surface area contributed by atoms with Crippen LogP contribution in [-0.2, 0) is 4.74 Å². The van der Waals surface area contributed by atoms with Crippen LogP contribution < -0.4 is 0 Å². The van der Waals surface area contributed by atoms with Gasteiger partial charge in [-0.3, -0.25) is 0 Å². The molecular weight excluding hydrogens is 194 g/mol. The molecular formula is C9H23GaO. The molecule has 0 aliphatic heterocycles. The molecule has 0 rings (SSSR count). The van der Waals surface area contributed by atoms with Gasteiger partial charge >= 0.3 is 32.7 Å². The quantitative estimate of drug-likeness (QED) is 0.645. The van der Waals surface area contributed by atoms with Gasteiger partial charge in [-0.05, 0) is 27.7 Å². The van der Waals surface area contributed by atoms with Crippen molar-refractivity contribution in [3.05, 3.63) is 0 Å². The van der Waals surface area contributed by atoms with Crippen molar-refractivity contribution in [2.45, 2.75) is 56.3 Å². The molecule has 0 atom stereocenters. The summed E-state index contributed by atoms with van der Waals surface area (Å²) in [4.78, 5) is 0. The molecule has 68 valence electrons. The average molecular weight is 217 g/mol. The van der Waals surface area contributed by atoms with Gasteiger partial charge in [-0.15, -0.1) is 0 Å². The molecule has 0 bridgehead atoms. The molecule has 11 heavy (non-hydrogen) atoms. The van der Waals surface area contributed by atoms with E-state index < -0.39 is 16.2 Å². The summed E-state index contributed by atoms with van der Waals surface area (Å²) in [7, 11) is 0. The SMILES string of the molecule is CC(C)OC(C)C.[CH3][Ga]([CH3])[CH3]. The van der Waals surface area contributed by atoms with Gasteiger partial charge in [-0.25, -0.2) is 0 Å². The van der Waals surface area contributed by atoms with E-state index in [1.165, 1.54) is 0 Å². The van der Waals surface area contributed by atoms with E-state index >= 15 is 0 Å². The summed E-state index contributed by atoms with van der Waals surface area (Å²) in [6.45, 7) is 8.17. The molecule has 0 aromatic carbocycles. The first kappa shape index (κ1) is 14.1. The number of hydrogen-bond donors (Lipinski definition) is 0. The van der Waals surface area contributed by atoms with Gasteiger partial charge in [0.25, 0.3) is 0 Å². The molecule has 0 saturated carbocycles. The molecule has 0 aromatic rings. The molecule has 0 aliphatic rings. The Kier molecular flexibility index (Phi) is 11.2. The van der Waals surface area contributed by atoms with E-state index in [4.69, 9.17) is 4.74 Å². The number of rotatable bonds is 2. The van der Waals surface area contributed by atoms with E-state index in [0.717, 1.165) is 0 Å². The van der Waals surface area contributed by atoms with Gasteiger partial charge in [0.05, 0.1) is 12.2 Å². The summed E-state index contributed by atoms with van der Waals surface area (Å²) in [5.74, 6) is 0. The molecule has 0 aromatic heterocycles. The van der Waals surface area contributed by atoms with Gasteiger partial charge in [0.2, 0.25) is 0 Å².